The van der Waals surface area contributed by atoms with Gasteiger partial charge >= 0.3 is 0 Å². The average Bonchev–Trinajstić information content (AvgIpc) is 3.25. The molecule has 1 aliphatic carbocycles. The van der Waals surface area contributed by atoms with Gasteiger partial charge in [0.05, 0.1) is 6.10 Å². The number of carbonyl (C=O) groups is 1. The van der Waals surface area contributed by atoms with E-state index in [1.165, 1.54) is 24.2 Å². The molecule has 1 saturated heterocycles. The van der Waals surface area contributed by atoms with Crippen molar-refractivity contribution in [3.63, 3.8) is 0 Å². The van der Waals surface area contributed by atoms with Crippen LogP contribution in [-0.2, 0) is 11.3 Å². The Kier molecular flexibility index (Phi) is 6.62. The second-order valence-corrected chi connectivity index (χ2v) is 6.80. The highest BCUT2D eigenvalue weighted by atomic mass is 35.5. The fourth-order valence-electron chi connectivity index (χ4n) is 3.27. The number of ether oxygens (including phenoxy) is 1. The molecule has 0 radical (unpaired) electrons. The second kappa shape index (κ2) is 8.24. The van der Waals surface area contributed by atoms with Crippen LogP contribution in [-0.4, -0.2) is 41.1 Å². The third kappa shape index (κ3) is 3.98. The lowest BCUT2D eigenvalue weighted by atomic mass is 10.1. The first kappa shape index (κ1) is 17.7. The van der Waals surface area contributed by atoms with Crippen molar-refractivity contribution in [2.45, 2.75) is 57.2 Å². The number of rotatable bonds is 5. The van der Waals surface area contributed by atoms with Crippen molar-refractivity contribution in [3.8, 4) is 0 Å². The molecule has 0 spiro atoms. The third-order valence-electron chi connectivity index (χ3n) is 4.40. The predicted molar refractivity (Wildman–Crippen MR) is 89.5 cm³/mol. The second-order valence-electron chi connectivity index (χ2n) is 5.86. The molecule has 22 heavy (non-hydrogen) atoms. The first-order chi connectivity index (χ1) is 10.3. The molecule has 1 amide bonds. The van der Waals surface area contributed by atoms with Gasteiger partial charge in [0.15, 0.2) is 0 Å². The van der Waals surface area contributed by atoms with E-state index in [2.05, 4.69) is 4.98 Å². The molecular weight excluding hydrogens is 322 g/mol. The lowest BCUT2D eigenvalue weighted by Crippen LogP contribution is -2.43. The average molecular weight is 346 g/mol. The topological polar surface area (TPSA) is 68.5 Å². The summed E-state index contributed by atoms with van der Waals surface area (Å²) in [5.74, 6) is 0.0494. The van der Waals surface area contributed by atoms with E-state index in [0.717, 1.165) is 37.3 Å². The monoisotopic (exact) mass is 345 g/mol. The van der Waals surface area contributed by atoms with Crippen LogP contribution in [0.1, 0.15) is 54.0 Å². The summed E-state index contributed by atoms with van der Waals surface area (Å²) in [6.07, 6.45) is 6.99. The molecule has 1 atom stereocenters. The van der Waals surface area contributed by atoms with Crippen LogP contribution in [0.5, 0.6) is 0 Å². The minimum absolute atomic E-state index is 0. The van der Waals surface area contributed by atoms with E-state index in [4.69, 9.17) is 10.5 Å². The van der Waals surface area contributed by atoms with Crippen molar-refractivity contribution in [2.24, 2.45) is 5.73 Å². The van der Waals surface area contributed by atoms with Gasteiger partial charge in [-0.1, -0.05) is 12.8 Å². The Hall–Kier alpha value is -0.690. The molecule has 0 aromatic carbocycles. The van der Waals surface area contributed by atoms with E-state index in [9.17, 15) is 4.79 Å². The molecule has 1 aromatic heterocycles. The number of halogens is 1. The van der Waals surface area contributed by atoms with Gasteiger partial charge < -0.3 is 15.4 Å². The molecular formula is C15H24ClN3O2S. The number of thiazole rings is 1. The van der Waals surface area contributed by atoms with Crippen LogP contribution in [0.15, 0.2) is 5.38 Å². The highest BCUT2D eigenvalue weighted by molar-refractivity contribution is 7.09. The van der Waals surface area contributed by atoms with E-state index in [0.29, 0.717) is 24.8 Å². The summed E-state index contributed by atoms with van der Waals surface area (Å²) in [6.45, 7) is 1.93. The van der Waals surface area contributed by atoms with Crippen LogP contribution in [0.2, 0.25) is 0 Å². The summed E-state index contributed by atoms with van der Waals surface area (Å²) < 4.78 is 5.72. The molecule has 7 heteroatoms. The number of hydrogen-bond acceptors (Lipinski definition) is 5. The molecule has 2 N–H and O–H groups in total. The zero-order chi connectivity index (χ0) is 14.7. The van der Waals surface area contributed by atoms with Gasteiger partial charge in [-0.15, -0.1) is 23.7 Å². The quantitative estimate of drug-likeness (QED) is 0.890. The number of nitrogens with two attached hydrogens (primary N) is 1. The lowest BCUT2D eigenvalue weighted by Gasteiger charge is -2.30. The third-order valence-corrected chi connectivity index (χ3v) is 5.27. The van der Waals surface area contributed by atoms with Gasteiger partial charge in [0, 0.05) is 31.1 Å². The first-order valence-electron chi connectivity index (χ1n) is 7.85. The highest BCUT2D eigenvalue weighted by Gasteiger charge is 2.31. The molecule has 1 aliphatic heterocycles. The minimum Gasteiger partial charge on any atom is -0.376 e. The van der Waals surface area contributed by atoms with Crippen molar-refractivity contribution >= 4 is 29.7 Å². The molecule has 2 aliphatic rings. The summed E-state index contributed by atoms with van der Waals surface area (Å²) in [7, 11) is 0. The fraction of sp³-hybridized carbons (Fsp3) is 0.733. The smallest absolute Gasteiger partial charge is 0.273 e. The Labute approximate surface area is 141 Å². The minimum atomic E-state index is 0. The largest absolute Gasteiger partial charge is 0.376 e. The van der Waals surface area contributed by atoms with E-state index >= 15 is 0 Å². The van der Waals surface area contributed by atoms with E-state index in [1.54, 1.807) is 0 Å². The summed E-state index contributed by atoms with van der Waals surface area (Å²) in [6, 6.07) is 0.352. The summed E-state index contributed by atoms with van der Waals surface area (Å²) in [5, 5.41) is 2.66. The normalized spacial score (nSPS) is 21.8. The molecule has 1 aromatic rings. The summed E-state index contributed by atoms with van der Waals surface area (Å²) in [5.41, 5.74) is 6.14. The lowest BCUT2D eigenvalue weighted by molar-refractivity contribution is 0.0417. The number of amides is 1. The van der Waals surface area contributed by atoms with Gasteiger partial charge in [-0.2, -0.15) is 0 Å². The SMILES string of the molecule is Cl.NCc1nc(C(=O)N(CC2CCCO2)C2CCCC2)cs1. The Morgan fingerprint density at radius 2 is 2.14 bits per heavy atom. The number of carbonyl (C=O) groups excluding carboxylic acids is 1. The molecule has 3 rings (SSSR count). The van der Waals surface area contributed by atoms with Gasteiger partial charge in [-0.3, -0.25) is 4.79 Å². The summed E-state index contributed by atoms with van der Waals surface area (Å²) >= 11 is 1.47. The van der Waals surface area contributed by atoms with Crippen LogP contribution < -0.4 is 5.73 Å². The van der Waals surface area contributed by atoms with Gasteiger partial charge in [0.25, 0.3) is 5.91 Å². The van der Waals surface area contributed by atoms with Gasteiger partial charge in [-0.25, -0.2) is 4.98 Å². The zero-order valence-corrected chi connectivity index (χ0v) is 14.3. The van der Waals surface area contributed by atoms with Crippen molar-refractivity contribution in [3.05, 3.63) is 16.1 Å². The maximum absolute atomic E-state index is 12.8. The Morgan fingerprint density at radius 3 is 2.73 bits per heavy atom. The van der Waals surface area contributed by atoms with Crippen LogP contribution in [0.25, 0.3) is 0 Å². The number of nitrogens with zero attached hydrogens (tertiary/aromatic N) is 2. The molecule has 5 nitrogen and oxygen atoms in total. The maximum atomic E-state index is 12.8. The predicted octanol–water partition coefficient (Wildman–Crippen LogP) is 2.59. The van der Waals surface area contributed by atoms with Gasteiger partial charge in [0.1, 0.15) is 10.7 Å². The molecule has 2 fully saturated rings. The van der Waals surface area contributed by atoms with Crippen molar-refractivity contribution in [1.82, 2.24) is 9.88 Å². The maximum Gasteiger partial charge on any atom is 0.273 e. The van der Waals surface area contributed by atoms with Crippen LogP contribution in [0.3, 0.4) is 0 Å². The Balaban J connectivity index is 0.00000176. The van der Waals surface area contributed by atoms with E-state index < -0.39 is 0 Å². The molecule has 2 heterocycles. The molecule has 124 valence electrons. The Morgan fingerprint density at radius 1 is 1.36 bits per heavy atom. The van der Waals surface area contributed by atoms with Crippen molar-refractivity contribution in [2.75, 3.05) is 13.2 Å². The number of aromatic nitrogens is 1. The van der Waals surface area contributed by atoms with Crippen LogP contribution in [0.4, 0.5) is 0 Å². The Bertz CT molecular complexity index is 485. The van der Waals surface area contributed by atoms with E-state index in [1.807, 2.05) is 10.3 Å². The molecule has 0 bridgehead atoms. The standard InChI is InChI=1S/C15H23N3O2S.ClH/c16-8-14-17-13(10-21-14)15(19)18(11-4-1-2-5-11)9-12-6-3-7-20-12;/h10-12H,1-9,16H2;1H. The van der Waals surface area contributed by atoms with Crippen molar-refractivity contribution in [1.29, 1.82) is 0 Å². The highest BCUT2D eigenvalue weighted by Crippen LogP contribution is 2.27. The van der Waals surface area contributed by atoms with Gasteiger partial charge in [0.2, 0.25) is 0 Å². The fourth-order valence-corrected chi connectivity index (χ4v) is 3.92. The summed E-state index contributed by atoms with van der Waals surface area (Å²) in [4.78, 5) is 19.2. The van der Waals surface area contributed by atoms with Gasteiger partial charge in [-0.05, 0) is 25.7 Å². The van der Waals surface area contributed by atoms with Crippen molar-refractivity contribution < 1.29 is 9.53 Å². The number of hydrogen-bond donors (Lipinski definition) is 1. The van der Waals surface area contributed by atoms with Crippen LogP contribution >= 0.6 is 23.7 Å². The molecule has 1 unspecified atom stereocenters. The zero-order valence-electron chi connectivity index (χ0n) is 12.7. The molecule has 1 saturated carbocycles. The van der Waals surface area contributed by atoms with Crippen LogP contribution in [0, 0.1) is 0 Å². The van der Waals surface area contributed by atoms with E-state index in [-0.39, 0.29) is 24.4 Å². The first-order valence-corrected chi connectivity index (χ1v) is 8.73.